The van der Waals surface area contributed by atoms with Gasteiger partial charge in [-0.15, -0.1) is 0 Å². The zero-order valence-electron chi connectivity index (χ0n) is 16.6. The van der Waals surface area contributed by atoms with Crippen molar-refractivity contribution < 1.29 is 9.18 Å². The van der Waals surface area contributed by atoms with Gasteiger partial charge in [-0.05, 0) is 38.7 Å². The molecule has 2 aromatic carbocycles. The van der Waals surface area contributed by atoms with Crippen molar-refractivity contribution in [1.82, 2.24) is 20.0 Å². The van der Waals surface area contributed by atoms with Crippen molar-refractivity contribution in [2.45, 2.75) is 13.0 Å². The highest BCUT2D eigenvalue weighted by molar-refractivity contribution is 5.92. The number of hydrogen-bond acceptors (Lipinski definition) is 4. The molecule has 0 fully saturated rings. The molecule has 150 valence electrons. The van der Waals surface area contributed by atoms with Gasteiger partial charge in [0.15, 0.2) is 5.69 Å². The molecule has 0 saturated carbocycles. The van der Waals surface area contributed by atoms with Gasteiger partial charge in [0.1, 0.15) is 11.5 Å². The highest BCUT2D eigenvalue weighted by Gasteiger charge is 2.19. The smallest absolute Gasteiger partial charge is 0.275 e. The van der Waals surface area contributed by atoms with Crippen LogP contribution < -0.4 is 10.7 Å². The largest absolute Gasteiger partial charge is 0.349 e. The number of nitrogens with one attached hydrogen (secondary N) is 1. The maximum atomic E-state index is 14.2. The van der Waals surface area contributed by atoms with E-state index in [1.54, 1.807) is 25.1 Å². The quantitative estimate of drug-likeness (QED) is 0.698. The molecule has 0 spiro atoms. The fourth-order valence-corrected chi connectivity index (χ4v) is 3.12. The second-order valence-electron chi connectivity index (χ2n) is 6.96. The Bertz CT molecular complexity index is 1060. The molecule has 3 rings (SSSR count). The SMILES string of the molecule is Cc1cc(=O)c(C(=O)NC[C@H](c2ccccc2)N(C)C)nn1-c1ccccc1F. The zero-order chi connectivity index (χ0) is 21.0. The van der Waals surface area contributed by atoms with E-state index in [9.17, 15) is 14.0 Å². The van der Waals surface area contributed by atoms with E-state index in [-0.39, 0.29) is 17.4 Å². The third kappa shape index (κ3) is 4.57. The number of carbonyl (C=O) groups is 1. The summed E-state index contributed by atoms with van der Waals surface area (Å²) in [5, 5.41) is 6.92. The number of aromatic nitrogens is 2. The number of carbonyl (C=O) groups excluding carboxylic acids is 1. The van der Waals surface area contributed by atoms with Crippen LogP contribution >= 0.6 is 0 Å². The van der Waals surface area contributed by atoms with Crippen LogP contribution in [0, 0.1) is 12.7 Å². The standard InChI is InChI=1S/C22H23FN4O2/c1-15-13-20(28)21(25-27(15)18-12-8-7-11-17(18)23)22(29)24-14-19(26(2)3)16-9-5-4-6-10-16/h4-13,19H,14H2,1-3H3,(H,24,29)/t19-/m1/s1. The van der Waals surface area contributed by atoms with Crippen molar-refractivity contribution in [1.29, 1.82) is 0 Å². The second kappa shape index (κ2) is 8.79. The van der Waals surface area contributed by atoms with Gasteiger partial charge in [-0.2, -0.15) is 5.10 Å². The molecule has 0 aliphatic heterocycles. The summed E-state index contributed by atoms with van der Waals surface area (Å²) in [6.45, 7) is 1.94. The fourth-order valence-electron chi connectivity index (χ4n) is 3.12. The predicted molar refractivity (Wildman–Crippen MR) is 110 cm³/mol. The number of aryl methyl sites for hydroxylation is 1. The van der Waals surface area contributed by atoms with Crippen LogP contribution in [0.2, 0.25) is 0 Å². The average Bonchev–Trinajstić information content (AvgIpc) is 2.69. The molecule has 1 atom stereocenters. The molecule has 1 amide bonds. The monoisotopic (exact) mass is 394 g/mol. The van der Waals surface area contributed by atoms with E-state index in [1.807, 2.05) is 49.3 Å². The Morgan fingerprint density at radius 1 is 1.14 bits per heavy atom. The number of para-hydroxylation sites is 1. The van der Waals surface area contributed by atoms with Gasteiger partial charge in [0.2, 0.25) is 5.43 Å². The third-order valence-electron chi connectivity index (χ3n) is 4.67. The van der Waals surface area contributed by atoms with Crippen molar-refractivity contribution in [2.24, 2.45) is 0 Å². The summed E-state index contributed by atoms with van der Waals surface area (Å²) in [5.74, 6) is -1.09. The van der Waals surface area contributed by atoms with Crippen LogP contribution in [-0.4, -0.2) is 41.2 Å². The lowest BCUT2D eigenvalue weighted by atomic mass is 10.1. The summed E-state index contributed by atoms with van der Waals surface area (Å²) in [6, 6.07) is 17.0. The Morgan fingerprint density at radius 2 is 1.79 bits per heavy atom. The first-order valence-electron chi connectivity index (χ1n) is 9.24. The molecule has 29 heavy (non-hydrogen) atoms. The molecular formula is C22H23FN4O2. The lowest BCUT2D eigenvalue weighted by Gasteiger charge is -2.25. The van der Waals surface area contributed by atoms with Crippen molar-refractivity contribution in [3.05, 3.63) is 93.7 Å². The van der Waals surface area contributed by atoms with Gasteiger partial charge < -0.3 is 10.2 Å². The molecule has 0 unspecified atom stereocenters. The number of hydrogen-bond donors (Lipinski definition) is 1. The van der Waals surface area contributed by atoms with Crippen LogP contribution in [0.25, 0.3) is 5.69 Å². The molecule has 0 aliphatic carbocycles. The van der Waals surface area contributed by atoms with Crippen LogP contribution in [0.15, 0.2) is 65.5 Å². The summed E-state index contributed by atoms with van der Waals surface area (Å²) in [4.78, 5) is 27.0. The van der Waals surface area contributed by atoms with E-state index in [0.717, 1.165) is 5.56 Å². The molecular weight excluding hydrogens is 371 g/mol. The predicted octanol–water partition coefficient (Wildman–Crippen LogP) is 2.71. The highest BCUT2D eigenvalue weighted by atomic mass is 19.1. The Morgan fingerprint density at radius 3 is 2.45 bits per heavy atom. The molecule has 1 aromatic heterocycles. The number of rotatable bonds is 6. The normalized spacial score (nSPS) is 12.0. The minimum Gasteiger partial charge on any atom is -0.349 e. The number of nitrogens with zero attached hydrogens (tertiary/aromatic N) is 3. The lowest BCUT2D eigenvalue weighted by Crippen LogP contribution is -2.37. The van der Waals surface area contributed by atoms with Gasteiger partial charge >= 0.3 is 0 Å². The van der Waals surface area contributed by atoms with Gasteiger partial charge in [-0.3, -0.25) is 9.59 Å². The molecule has 1 N–H and O–H groups in total. The first-order chi connectivity index (χ1) is 13.9. The van der Waals surface area contributed by atoms with E-state index in [2.05, 4.69) is 10.4 Å². The van der Waals surface area contributed by atoms with E-state index >= 15 is 0 Å². The maximum absolute atomic E-state index is 14.2. The van der Waals surface area contributed by atoms with Gasteiger partial charge in [-0.1, -0.05) is 42.5 Å². The van der Waals surface area contributed by atoms with Crippen LogP contribution in [0.1, 0.15) is 27.8 Å². The molecule has 1 heterocycles. The van der Waals surface area contributed by atoms with Crippen molar-refractivity contribution in [3.8, 4) is 5.69 Å². The maximum Gasteiger partial charge on any atom is 0.275 e. The Balaban J connectivity index is 1.87. The first kappa shape index (κ1) is 20.4. The van der Waals surface area contributed by atoms with Crippen LogP contribution in [0.4, 0.5) is 4.39 Å². The Kier molecular flexibility index (Phi) is 6.19. The Hall–Kier alpha value is -3.32. The molecule has 6 nitrogen and oxygen atoms in total. The first-order valence-corrected chi connectivity index (χ1v) is 9.24. The van der Waals surface area contributed by atoms with Gasteiger partial charge in [0.25, 0.3) is 5.91 Å². The molecule has 0 bridgehead atoms. The summed E-state index contributed by atoms with van der Waals surface area (Å²) < 4.78 is 15.4. The summed E-state index contributed by atoms with van der Waals surface area (Å²) >= 11 is 0. The molecule has 0 saturated heterocycles. The average molecular weight is 394 g/mol. The number of benzene rings is 2. The van der Waals surface area contributed by atoms with Crippen molar-refractivity contribution >= 4 is 5.91 Å². The Labute approximate surface area is 168 Å². The number of likely N-dealkylation sites (N-methyl/N-ethyl adjacent to an activating group) is 1. The van der Waals surface area contributed by atoms with Gasteiger partial charge in [-0.25, -0.2) is 9.07 Å². The van der Waals surface area contributed by atoms with Crippen LogP contribution in [0.5, 0.6) is 0 Å². The number of halogens is 1. The van der Waals surface area contributed by atoms with Crippen molar-refractivity contribution in [3.63, 3.8) is 0 Å². The van der Waals surface area contributed by atoms with Crippen LogP contribution in [0.3, 0.4) is 0 Å². The molecule has 3 aromatic rings. The van der Waals surface area contributed by atoms with Gasteiger partial charge in [0, 0.05) is 18.3 Å². The molecule has 0 radical (unpaired) electrons. The molecule has 0 aliphatic rings. The lowest BCUT2D eigenvalue weighted by molar-refractivity contribution is 0.0934. The minimum atomic E-state index is -0.595. The highest BCUT2D eigenvalue weighted by Crippen LogP contribution is 2.17. The summed E-state index contributed by atoms with van der Waals surface area (Å²) in [6.07, 6.45) is 0. The van der Waals surface area contributed by atoms with Crippen LogP contribution in [-0.2, 0) is 0 Å². The summed E-state index contributed by atoms with van der Waals surface area (Å²) in [7, 11) is 3.83. The second-order valence-corrected chi connectivity index (χ2v) is 6.96. The van der Waals surface area contributed by atoms with E-state index in [0.29, 0.717) is 12.2 Å². The fraction of sp³-hybridized carbons (Fsp3) is 0.227. The minimum absolute atomic E-state index is 0.0700. The molecule has 7 heteroatoms. The van der Waals surface area contributed by atoms with E-state index in [4.69, 9.17) is 0 Å². The van der Waals surface area contributed by atoms with Crippen molar-refractivity contribution in [2.75, 3.05) is 20.6 Å². The third-order valence-corrected chi connectivity index (χ3v) is 4.67. The number of amides is 1. The summed E-state index contributed by atoms with van der Waals surface area (Å²) in [5.41, 5.74) is 0.873. The van der Waals surface area contributed by atoms with E-state index in [1.165, 1.54) is 16.8 Å². The topological polar surface area (TPSA) is 67.2 Å². The van der Waals surface area contributed by atoms with Gasteiger partial charge in [0.05, 0.1) is 6.04 Å². The van der Waals surface area contributed by atoms with E-state index < -0.39 is 17.2 Å². The zero-order valence-corrected chi connectivity index (χ0v) is 16.6.